The standard InChI is InChI=1S/C55H60O11/c1-57-54-53(51(62-37-44-28-16-6-17-29-44)48(46(32-56)64-54)59-34-41-22-10-3-11-23-41)66-55-52(63-38-45-30-18-7-19-31-45)50(61-36-43-26-14-5-15-27-43)49(60-35-42-24-12-4-13-25-42)47(65-55)39-58-33-40-20-8-2-9-21-40/h2-31,46-56H,32-39H2,1H3/t46-,47-,48+,49+,50+,51+,52-,53-,54-,55?/m1/s1. The SMILES string of the molecule is CO[C@@H]1O[C@H](CO)[C@H](OCc2ccccc2)[C@H](OCc2ccccc2)[C@H]1OC1O[C@H](COCc2ccccc2)[C@H](OCc2ccccc2)[C@H](OCc2ccccc2)[C@H]1OCc1ccccc1. The van der Waals surface area contributed by atoms with Crippen LogP contribution in [0.15, 0.2) is 182 Å². The predicted octanol–water partition coefficient (Wildman–Crippen LogP) is 8.60. The highest BCUT2D eigenvalue weighted by Crippen LogP contribution is 2.36. The Bertz CT molecular complexity index is 2220. The largest absolute Gasteiger partial charge is 0.394 e. The van der Waals surface area contributed by atoms with Crippen molar-refractivity contribution in [2.75, 3.05) is 20.3 Å². The van der Waals surface area contributed by atoms with Crippen LogP contribution in [0.25, 0.3) is 0 Å². The first-order chi connectivity index (χ1) is 32.6. The summed E-state index contributed by atoms with van der Waals surface area (Å²) < 4.78 is 67.6. The van der Waals surface area contributed by atoms with Crippen LogP contribution in [-0.4, -0.2) is 86.8 Å². The van der Waals surface area contributed by atoms with Crippen LogP contribution >= 0.6 is 0 Å². The Morgan fingerprint density at radius 1 is 0.364 bits per heavy atom. The molecule has 10 atom stereocenters. The molecule has 2 fully saturated rings. The van der Waals surface area contributed by atoms with Crippen LogP contribution in [0.2, 0.25) is 0 Å². The topological polar surface area (TPSA) is 113 Å². The first-order valence-corrected chi connectivity index (χ1v) is 22.6. The number of ether oxygens (including phenoxy) is 10. The maximum atomic E-state index is 10.8. The molecule has 66 heavy (non-hydrogen) atoms. The van der Waals surface area contributed by atoms with E-state index in [2.05, 4.69) is 0 Å². The van der Waals surface area contributed by atoms with E-state index in [1.165, 1.54) is 0 Å². The third kappa shape index (κ3) is 13.3. The van der Waals surface area contributed by atoms with E-state index in [9.17, 15) is 5.11 Å². The third-order valence-corrected chi connectivity index (χ3v) is 11.7. The molecule has 346 valence electrons. The van der Waals surface area contributed by atoms with E-state index in [4.69, 9.17) is 47.4 Å². The number of methoxy groups -OCH3 is 1. The summed E-state index contributed by atoms with van der Waals surface area (Å²) >= 11 is 0. The lowest BCUT2D eigenvalue weighted by Crippen LogP contribution is -2.66. The van der Waals surface area contributed by atoms with E-state index in [1.54, 1.807) is 7.11 Å². The summed E-state index contributed by atoms with van der Waals surface area (Å²) in [5.74, 6) is 0. The normalized spacial score (nSPS) is 25.4. The minimum Gasteiger partial charge on any atom is -0.394 e. The Morgan fingerprint density at radius 2 is 0.682 bits per heavy atom. The van der Waals surface area contributed by atoms with Crippen molar-refractivity contribution in [1.82, 2.24) is 0 Å². The van der Waals surface area contributed by atoms with Crippen LogP contribution in [0.5, 0.6) is 0 Å². The molecule has 2 heterocycles. The van der Waals surface area contributed by atoms with Gasteiger partial charge < -0.3 is 52.5 Å². The van der Waals surface area contributed by atoms with Crippen LogP contribution in [0.3, 0.4) is 0 Å². The Morgan fingerprint density at radius 3 is 1.06 bits per heavy atom. The van der Waals surface area contributed by atoms with Gasteiger partial charge in [0.15, 0.2) is 12.6 Å². The van der Waals surface area contributed by atoms with Gasteiger partial charge in [-0.15, -0.1) is 0 Å². The maximum absolute atomic E-state index is 10.8. The van der Waals surface area contributed by atoms with Crippen molar-refractivity contribution in [2.24, 2.45) is 0 Å². The van der Waals surface area contributed by atoms with Gasteiger partial charge in [0, 0.05) is 7.11 Å². The molecule has 2 aliphatic heterocycles. The molecule has 0 radical (unpaired) electrons. The van der Waals surface area contributed by atoms with Gasteiger partial charge in [0.1, 0.15) is 48.8 Å². The molecular weight excluding hydrogens is 837 g/mol. The minimum atomic E-state index is -1.11. The summed E-state index contributed by atoms with van der Waals surface area (Å²) in [5, 5.41) is 10.8. The lowest BCUT2D eigenvalue weighted by atomic mass is 9.96. The molecule has 0 amide bonds. The summed E-state index contributed by atoms with van der Waals surface area (Å²) in [7, 11) is 1.54. The molecule has 1 unspecified atom stereocenters. The van der Waals surface area contributed by atoms with Gasteiger partial charge in [0.25, 0.3) is 0 Å². The highest BCUT2D eigenvalue weighted by Gasteiger charge is 2.54. The van der Waals surface area contributed by atoms with Gasteiger partial charge in [-0.3, -0.25) is 0 Å². The molecule has 2 saturated heterocycles. The van der Waals surface area contributed by atoms with Crippen molar-refractivity contribution in [3.05, 3.63) is 215 Å². The van der Waals surface area contributed by atoms with Crippen molar-refractivity contribution in [3.63, 3.8) is 0 Å². The van der Waals surface area contributed by atoms with E-state index >= 15 is 0 Å². The monoisotopic (exact) mass is 896 g/mol. The first-order valence-electron chi connectivity index (χ1n) is 22.6. The Labute approximate surface area is 388 Å². The Hall–Kier alpha value is -5.12. The van der Waals surface area contributed by atoms with Crippen LogP contribution in [0.1, 0.15) is 33.4 Å². The van der Waals surface area contributed by atoms with Crippen LogP contribution in [0.4, 0.5) is 0 Å². The van der Waals surface area contributed by atoms with Gasteiger partial charge in [-0.1, -0.05) is 182 Å². The van der Waals surface area contributed by atoms with Gasteiger partial charge >= 0.3 is 0 Å². The molecule has 6 aromatic carbocycles. The number of aliphatic hydroxyl groups is 1. The predicted molar refractivity (Wildman–Crippen MR) is 247 cm³/mol. The molecule has 0 aromatic heterocycles. The summed E-state index contributed by atoms with van der Waals surface area (Å²) in [6.45, 7) is 1.36. The fraction of sp³-hybridized carbons (Fsp3) is 0.345. The fourth-order valence-corrected chi connectivity index (χ4v) is 8.30. The molecule has 0 spiro atoms. The van der Waals surface area contributed by atoms with E-state index < -0.39 is 61.4 Å². The quantitative estimate of drug-likeness (QED) is 0.0668. The Kier molecular flexibility index (Phi) is 18.0. The van der Waals surface area contributed by atoms with Crippen LogP contribution < -0.4 is 0 Å². The zero-order valence-electron chi connectivity index (χ0n) is 37.3. The van der Waals surface area contributed by atoms with Crippen molar-refractivity contribution >= 4 is 0 Å². The second kappa shape index (κ2) is 25.1. The molecule has 8 rings (SSSR count). The Balaban J connectivity index is 1.17. The van der Waals surface area contributed by atoms with Crippen LogP contribution in [0, 0.1) is 0 Å². The van der Waals surface area contributed by atoms with Gasteiger partial charge in [-0.2, -0.15) is 0 Å². The van der Waals surface area contributed by atoms with E-state index in [1.807, 2.05) is 182 Å². The molecule has 0 bridgehead atoms. The maximum Gasteiger partial charge on any atom is 0.187 e. The molecule has 0 saturated carbocycles. The molecule has 2 aliphatic rings. The van der Waals surface area contributed by atoms with Crippen molar-refractivity contribution < 1.29 is 52.5 Å². The second-order valence-electron chi connectivity index (χ2n) is 16.4. The first kappa shape index (κ1) is 47.4. The van der Waals surface area contributed by atoms with E-state index in [0.29, 0.717) is 6.61 Å². The lowest BCUT2D eigenvalue weighted by Gasteiger charge is -2.50. The zero-order chi connectivity index (χ0) is 45.2. The highest BCUT2D eigenvalue weighted by atomic mass is 16.8. The van der Waals surface area contributed by atoms with E-state index in [-0.39, 0.29) is 46.2 Å². The van der Waals surface area contributed by atoms with Gasteiger partial charge in [-0.25, -0.2) is 0 Å². The summed E-state index contributed by atoms with van der Waals surface area (Å²) in [6, 6.07) is 59.7. The summed E-state index contributed by atoms with van der Waals surface area (Å²) in [4.78, 5) is 0. The van der Waals surface area contributed by atoms with Crippen LogP contribution in [-0.2, 0) is 87.0 Å². The van der Waals surface area contributed by atoms with Gasteiger partial charge in [0.05, 0.1) is 52.9 Å². The van der Waals surface area contributed by atoms with Crippen molar-refractivity contribution in [2.45, 2.75) is 101 Å². The third-order valence-electron chi connectivity index (χ3n) is 11.7. The number of hydrogen-bond donors (Lipinski definition) is 1. The number of rotatable bonds is 23. The van der Waals surface area contributed by atoms with Gasteiger partial charge in [-0.05, 0) is 33.4 Å². The number of hydrogen-bond acceptors (Lipinski definition) is 11. The van der Waals surface area contributed by atoms with Gasteiger partial charge in [0.2, 0.25) is 0 Å². The fourth-order valence-electron chi connectivity index (χ4n) is 8.30. The molecule has 0 aliphatic carbocycles. The molecule has 11 heteroatoms. The molecule has 11 nitrogen and oxygen atoms in total. The average molecular weight is 897 g/mol. The summed E-state index contributed by atoms with van der Waals surface area (Å²) in [5.41, 5.74) is 5.83. The van der Waals surface area contributed by atoms with E-state index in [0.717, 1.165) is 33.4 Å². The average Bonchev–Trinajstić information content (AvgIpc) is 3.38. The highest BCUT2D eigenvalue weighted by molar-refractivity contribution is 5.18. The van der Waals surface area contributed by atoms with Crippen molar-refractivity contribution in [3.8, 4) is 0 Å². The minimum absolute atomic E-state index is 0.142. The zero-order valence-corrected chi connectivity index (χ0v) is 37.3. The van der Waals surface area contributed by atoms with Crippen molar-refractivity contribution in [1.29, 1.82) is 0 Å². The number of benzene rings is 6. The molecule has 1 N–H and O–H groups in total. The lowest BCUT2D eigenvalue weighted by molar-refractivity contribution is -0.381. The number of aliphatic hydroxyl groups excluding tert-OH is 1. The molecule has 6 aromatic rings. The summed E-state index contributed by atoms with van der Waals surface area (Å²) in [6.07, 6.45) is -8.51. The second-order valence-corrected chi connectivity index (χ2v) is 16.4. The smallest absolute Gasteiger partial charge is 0.187 e. The molecular formula is C55H60O11.